The van der Waals surface area contributed by atoms with Crippen molar-refractivity contribution in [2.45, 2.75) is 75.7 Å². The van der Waals surface area contributed by atoms with Gasteiger partial charge in [0, 0.05) is 0 Å². The van der Waals surface area contributed by atoms with Crippen LogP contribution in [-0.4, -0.2) is 13.2 Å². The molecule has 0 aromatic heterocycles. The van der Waals surface area contributed by atoms with Crippen LogP contribution in [0.2, 0.25) is 0 Å². The fourth-order valence-electron chi connectivity index (χ4n) is 2.08. The normalized spacial score (nSPS) is 8.52. The first-order valence-corrected chi connectivity index (χ1v) is 9.75. The van der Waals surface area contributed by atoms with Crippen LogP contribution >= 0.6 is 0 Å². The highest BCUT2D eigenvalue weighted by molar-refractivity contribution is 5.34. The first-order valence-electron chi connectivity index (χ1n) is 9.75. The Morgan fingerprint density at radius 2 is 0.852 bits per heavy atom. The average Bonchev–Trinajstić information content (AvgIpc) is 2.70. The smallest absolute Gasteiger partial charge is 0.119 e. The van der Waals surface area contributed by atoms with Gasteiger partial charge < -0.3 is 9.47 Å². The predicted molar refractivity (Wildman–Crippen MR) is 123 cm³/mol. The predicted octanol–water partition coefficient (Wildman–Crippen LogP) is 8.18. The summed E-state index contributed by atoms with van der Waals surface area (Å²) in [5, 5.41) is 0. The Morgan fingerprint density at radius 1 is 0.556 bits per heavy atom. The maximum absolute atomic E-state index is 5.60. The summed E-state index contributed by atoms with van der Waals surface area (Å²) in [6, 6.07) is 16.7. The van der Waals surface area contributed by atoms with E-state index >= 15 is 0 Å². The van der Waals surface area contributed by atoms with E-state index in [1.54, 1.807) is 0 Å². The molecule has 0 saturated carbocycles. The van der Waals surface area contributed by atoms with Gasteiger partial charge in [0.25, 0.3) is 0 Å². The van der Waals surface area contributed by atoms with E-state index in [1.165, 1.54) is 11.1 Å². The van der Waals surface area contributed by atoms with Gasteiger partial charge in [-0.3, -0.25) is 0 Å². The molecule has 0 amide bonds. The van der Waals surface area contributed by atoms with Crippen molar-refractivity contribution >= 4 is 0 Å². The molecular formula is C25H44O2. The number of hydrogen-bond donors (Lipinski definition) is 0. The van der Waals surface area contributed by atoms with Gasteiger partial charge in [-0.1, -0.05) is 80.7 Å². The largest absolute Gasteiger partial charge is 0.494 e. The van der Waals surface area contributed by atoms with Gasteiger partial charge in [0.15, 0.2) is 0 Å². The van der Waals surface area contributed by atoms with Crippen LogP contribution in [0.5, 0.6) is 11.5 Å². The summed E-state index contributed by atoms with van der Waals surface area (Å²) in [4.78, 5) is 0. The molecule has 0 aliphatic rings. The van der Waals surface area contributed by atoms with E-state index in [4.69, 9.17) is 9.47 Å². The molecule has 0 bridgehead atoms. The van der Waals surface area contributed by atoms with E-state index in [0.717, 1.165) is 44.0 Å². The molecule has 2 aromatic rings. The van der Waals surface area contributed by atoms with Gasteiger partial charge in [-0.15, -0.1) is 0 Å². The maximum Gasteiger partial charge on any atom is 0.119 e. The molecule has 0 unspecified atom stereocenters. The van der Waals surface area contributed by atoms with Crippen molar-refractivity contribution < 1.29 is 9.47 Å². The molecule has 0 radical (unpaired) electrons. The molecule has 2 nitrogen and oxygen atoms in total. The van der Waals surface area contributed by atoms with Crippen LogP contribution in [0.3, 0.4) is 0 Å². The lowest BCUT2D eigenvalue weighted by Gasteiger charge is -2.08. The third-order valence-corrected chi connectivity index (χ3v) is 3.20. The minimum Gasteiger partial charge on any atom is -0.494 e. The molecule has 0 aliphatic heterocycles. The number of hydrogen-bond acceptors (Lipinski definition) is 2. The Hall–Kier alpha value is -1.96. The van der Waals surface area contributed by atoms with Crippen LogP contribution in [0.15, 0.2) is 48.5 Å². The number of benzene rings is 2. The lowest BCUT2D eigenvalue weighted by molar-refractivity contribution is 0.317. The molecular weight excluding hydrogens is 332 g/mol. The lowest BCUT2D eigenvalue weighted by Crippen LogP contribution is -1.96. The molecule has 0 spiro atoms. The Kier molecular flexibility index (Phi) is 22.5. The molecule has 0 heterocycles. The Morgan fingerprint density at radius 3 is 1.11 bits per heavy atom. The Bertz CT molecular complexity index is 466. The van der Waals surface area contributed by atoms with Crippen molar-refractivity contribution in [2.75, 3.05) is 13.2 Å². The first-order chi connectivity index (χ1) is 12.3. The van der Waals surface area contributed by atoms with Crippen LogP contribution in [0, 0.1) is 0 Å². The summed E-state index contributed by atoms with van der Waals surface area (Å²) < 4.78 is 11.2. The SMILES string of the molecule is C.C.CC.CC.CCCOc1ccc(Cc2ccc(OCCC)cc2)cc1. The van der Waals surface area contributed by atoms with E-state index in [1.807, 2.05) is 52.0 Å². The van der Waals surface area contributed by atoms with Crippen molar-refractivity contribution in [1.29, 1.82) is 0 Å². The van der Waals surface area contributed by atoms with Gasteiger partial charge in [-0.05, 0) is 54.7 Å². The second-order valence-electron chi connectivity index (χ2n) is 5.16. The third-order valence-electron chi connectivity index (χ3n) is 3.20. The Balaban J connectivity index is -0.000000899. The van der Waals surface area contributed by atoms with E-state index in [-0.39, 0.29) is 14.9 Å². The zero-order valence-corrected chi connectivity index (χ0v) is 17.0. The summed E-state index contributed by atoms with van der Waals surface area (Å²) >= 11 is 0. The zero-order valence-electron chi connectivity index (χ0n) is 17.0. The topological polar surface area (TPSA) is 18.5 Å². The molecule has 0 saturated heterocycles. The van der Waals surface area contributed by atoms with E-state index < -0.39 is 0 Å². The minimum atomic E-state index is 0. The summed E-state index contributed by atoms with van der Waals surface area (Å²) in [5.74, 6) is 1.90. The van der Waals surface area contributed by atoms with Crippen LogP contribution in [0.4, 0.5) is 0 Å². The molecule has 0 aliphatic carbocycles. The molecule has 156 valence electrons. The molecule has 0 N–H and O–H groups in total. The van der Waals surface area contributed by atoms with Crippen LogP contribution < -0.4 is 9.47 Å². The highest BCUT2D eigenvalue weighted by atomic mass is 16.5. The summed E-state index contributed by atoms with van der Waals surface area (Å²) in [6.45, 7) is 13.8. The van der Waals surface area contributed by atoms with Crippen molar-refractivity contribution in [2.24, 2.45) is 0 Å². The van der Waals surface area contributed by atoms with Gasteiger partial charge in [-0.2, -0.15) is 0 Å². The maximum atomic E-state index is 5.60. The van der Waals surface area contributed by atoms with Gasteiger partial charge in [-0.25, -0.2) is 0 Å². The van der Waals surface area contributed by atoms with Crippen molar-refractivity contribution in [3.8, 4) is 11.5 Å². The molecule has 27 heavy (non-hydrogen) atoms. The van der Waals surface area contributed by atoms with Crippen LogP contribution in [0.25, 0.3) is 0 Å². The fraction of sp³-hybridized carbons (Fsp3) is 0.520. The van der Waals surface area contributed by atoms with Crippen LogP contribution in [-0.2, 0) is 6.42 Å². The fourth-order valence-corrected chi connectivity index (χ4v) is 2.08. The first kappa shape index (κ1) is 29.8. The van der Waals surface area contributed by atoms with E-state index in [2.05, 4.69) is 38.1 Å². The second-order valence-corrected chi connectivity index (χ2v) is 5.16. The molecule has 0 atom stereocenters. The van der Waals surface area contributed by atoms with Crippen molar-refractivity contribution in [3.63, 3.8) is 0 Å². The highest BCUT2D eigenvalue weighted by Gasteiger charge is 1.99. The van der Waals surface area contributed by atoms with E-state index in [9.17, 15) is 0 Å². The Labute approximate surface area is 169 Å². The molecule has 2 heteroatoms. The number of ether oxygens (including phenoxy) is 2. The second kappa shape index (κ2) is 20.4. The minimum absolute atomic E-state index is 0. The summed E-state index contributed by atoms with van der Waals surface area (Å²) in [5.41, 5.74) is 2.59. The van der Waals surface area contributed by atoms with Gasteiger partial charge in [0.1, 0.15) is 11.5 Å². The van der Waals surface area contributed by atoms with Gasteiger partial charge in [0.05, 0.1) is 13.2 Å². The zero-order chi connectivity index (χ0) is 18.9. The molecule has 2 aromatic carbocycles. The van der Waals surface area contributed by atoms with Crippen molar-refractivity contribution in [3.05, 3.63) is 59.7 Å². The molecule has 2 rings (SSSR count). The number of rotatable bonds is 8. The summed E-state index contributed by atoms with van der Waals surface area (Å²) in [7, 11) is 0. The highest BCUT2D eigenvalue weighted by Crippen LogP contribution is 2.18. The third kappa shape index (κ3) is 12.9. The quantitative estimate of drug-likeness (QED) is 0.462. The van der Waals surface area contributed by atoms with Crippen LogP contribution in [0.1, 0.15) is 80.4 Å². The summed E-state index contributed by atoms with van der Waals surface area (Å²) in [6.07, 6.45) is 3.00. The van der Waals surface area contributed by atoms with Gasteiger partial charge in [0.2, 0.25) is 0 Å². The molecule has 0 fully saturated rings. The average molecular weight is 377 g/mol. The monoisotopic (exact) mass is 376 g/mol. The van der Waals surface area contributed by atoms with E-state index in [0.29, 0.717) is 0 Å². The van der Waals surface area contributed by atoms with Gasteiger partial charge >= 0.3 is 0 Å². The standard InChI is InChI=1S/C19H24O2.2C2H6.2CH4/c1-3-13-20-18-9-5-16(6-10-18)15-17-7-11-19(12-8-17)21-14-4-2;2*1-2;;/h5-12H,3-4,13-15H2,1-2H3;2*1-2H3;2*1H4. The van der Waals surface area contributed by atoms with Crippen molar-refractivity contribution in [1.82, 2.24) is 0 Å². The lowest BCUT2D eigenvalue weighted by atomic mass is 10.0.